The van der Waals surface area contributed by atoms with E-state index in [1.165, 1.54) is 4.90 Å². The maximum atomic E-state index is 5.96. The van der Waals surface area contributed by atoms with E-state index in [9.17, 15) is 0 Å². The third-order valence-corrected chi connectivity index (χ3v) is 4.25. The first kappa shape index (κ1) is 18.5. The maximum Gasteiger partial charge on any atom is 0.262 e. The van der Waals surface area contributed by atoms with Crippen LogP contribution in [0.5, 0.6) is 5.88 Å². The van der Waals surface area contributed by atoms with Crippen molar-refractivity contribution in [2.45, 2.75) is 27.2 Å². The van der Waals surface area contributed by atoms with Crippen molar-refractivity contribution in [3.63, 3.8) is 0 Å². The molecule has 5 nitrogen and oxygen atoms in total. The van der Waals surface area contributed by atoms with E-state index < -0.39 is 0 Å². The molecular formula is C18H24ClN3O2. The number of para-hydroxylation sites is 1. The number of rotatable bonds is 7. The molecule has 1 N–H and O–H groups in total. The molecule has 0 radical (unpaired) electrons. The lowest BCUT2D eigenvalue weighted by Gasteiger charge is -2.15. The Morgan fingerprint density at radius 2 is 1.83 bits per heavy atom. The fraction of sp³-hybridized carbons (Fsp3) is 0.444. The molecule has 2 aromatic heterocycles. The summed E-state index contributed by atoms with van der Waals surface area (Å²) in [4.78, 5) is 10.7. The highest BCUT2D eigenvalue weighted by Crippen LogP contribution is 2.32. The van der Waals surface area contributed by atoms with Gasteiger partial charge in [-0.05, 0) is 26.0 Å². The summed E-state index contributed by atoms with van der Waals surface area (Å²) in [6, 6.07) is 7.93. The second-order valence-corrected chi connectivity index (χ2v) is 5.63. The van der Waals surface area contributed by atoms with Gasteiger partial charge in [0.2, 0.25) is 5.58 Å². The monoisotopic (exact) mass is 349 g/mol. The van der Waals surface area contributed by atoms with Crippen LogP contribution in [-0.4, -0.2) is 36.2 Å². The minimum atomic E-state index is 0. The van der Waals surface area contributed by atoms with Gasteiger partial charge in [-0.2, -0.15) is 4.98 Å². The molecule has 24 heavy (non-hydrogen) atoms. The molecule has 0 saturated heterocycles. The van der Waals surface area contributed by atoms with Crippen molar-refractivity contribution in [3.05, 3.63) is 30.1 Å². The van der Waals surface area contributed by atoms with E-state index in [0.717, 1.165) is 48.4 Å². The number of nitrogens with one attached hydrogen (secondary N) is 1. The van der Waals surface area contributed by atoms with Crippen LogP contribution in [0.25, 0.3) is 22.1 Å². The molecule has 0 fully saturated rings. The molecule has 0 aliphatic carbocycles. The second-order valence-electron chi connectivity index (χ2n) is 5.63. The standard InChI is InChI=1S/C18H23N3O2.ClH/c1-4-15-19-16-13-9-7-8-10-14(13)23-17(16)18(20-15)22-12-11-21(5-2)6-3;/h7-10H,4-6,11-12H2,1-3H3;1H. The van der Waals surface area contributed by atoms with Gasteiger partial charge in [0.25, 0.3) is 5.88 Å². The first-order chi connectivity index (χ1) is 11.3. The minimum Gasteiger partial charge on any atom is -1.00 e. The highest BCUT2D eigenvalue weighted by atomic mass is 35.5. The third kappa shape index (κ3) is 3.62. The largest absolute Gasteiger partial charge is 1.00 e. The lowest BCUT2D eigenvalue weighted by molar-refractivity contribution is -0.896. The normalized spacial score (nSPS) is 11.2. The second kappa shape index (κ2) is 8.31. The number of aryl methyl sites for hydroxylation is 1. The van der Waals surface area contributed by atoms with E-state index >= 15 is 0 Å². The third-order valence-electron chi connectivity index (χ3n) is 4.25. The smallest absolute Gasteiger partial charge is 0.262 e. The van der Waals surface area contributed by atoms with Gasteiger partial charge in [0.1, 0.15) is 30.1 Å². The molecule has 0 saturated carbocycles. The lowest BCUT2D eigenvalue weighted by Crippen LogP contribution is -3.12. The summed E-state index contributed by atoms with van der Waals surface area (Å²) in [5, 5.41) is 1.01. The summed E-state index contributed by atoms with van der Waals surface area (Å²) in [5.74, 6) is 1.35. The van der Waals surface area contributed by atoms with Crippen LogP contribution in [0.1, 0.15) is 26.6 Å². The van der Waals surface area contributed by atoms with Crippen LogP contribution in [0.2, 0.25) is 0 Å². The Morgan fingerprint density at radius 1 is 1.08 bits per heavy atom. The molecule has 0 amide bonds. The molecule has 2 heterocycles. The molecular weight excluding hydrogens is 326 g/mol. The van der Waals surface area contributed by atoms with Crippen molar-refractivity contribution in [2.24, 2.45) is 0 Å². The van der Waals surface area contributed by atoms with Gasteiger partial charge in [-0.1, -0.05) is 19.1 Å². The van der Waals surface area contributed by atoms with Crippen molar-refractivity contribution < 1.29 is 26.5 Å². The number of ether oxygens (including phenoxy) is 1. The average molecular weight is 350 g/mol. The Kier molecular flexibility index (Phi) is 6.40. The number of hydrogen-bond donors (Lipinski definition) is 1. The van der Waals surface area contributed by atoms with Gasteiger partial charge in [-0.3, -0.25) is 0 Å². The molecule has 3 aromatic rings. The molecule has 6 heteroatoms. The quantitative estimate of drug-likeness (QED) is 0.609. The molecule has 1 aromatic carbocycles. The number of fused-ring (bicyclic) bond motifs is 3. The number of quaternary nitrogens is 1. The molecule has 0 aliphatic heterocycles. The van der Waals surface area contributed by atoms with Gasteiger partial charge >= 0.3 is 0 Å². The van der Waals surface area contributed by atoms with Gasteiger partial charge < -0.3 is 26.5 Å². The van der Waals surface area contributed by atoms with Crippen molar-refractivity contribution in [1.29, 1.82) is 0 Å². The zero-order valence-corrected chi connectivity index (χ0v) is 15.2. The summed E-state index contributed by atoms with van der Waals surface area (Å²) in [6.45, 7) is 10.2. The number of hydrogen-bond acceptors (Lipinski definition) is 4. The Morgan fingerprint density at radius 3 is 2.54 bits per heavy atom. The van der Waals surface area contributed by atoms with E-state index in [4.69, 9.17) is 9.15 Å². The predicted octanol–water partition coefficient (Wildman–Crippen LogP) is -0.754. The number of furan rings is 1. The van der Waals surface area contributed by atoms with Gasteiger partial charge in [-0.25, -0.2) is 4.98 Å². The molecule has 130 valence electrons. The Labute approximate surface area is 148 Å². The molecule has 0 unspecified atom stereocenters. The van der Waals surface area contributed by atoms with E-state index in [1.807, 2.05) is 31.2 Å². The van der Waals surface area contributed by atoms with Crippen LogP contribution >= 0.6 is 0 Å². The highest BCUT2D eigenvalue weighted by molar-refractivity contribution is 6.03. The summed E-state index contributed by atoms with van der Waals surface area (Å²) in [7, 11) is 0. The summed E-state index contributed by atoms with van der Waals surface area (Å²) in [5.41, 5.74) is 2.32. The molecule has 0 spiro atoms. The van der Waals surface area contributed by atoms with Crippen LogP contribution < -0.4 is 22.0 Å². The number of likely N-dealkylation sites (N-methyl/N-ethyl adjacent to an activating group) is 1. The zero-order valence-electron chi connectivity index (χ0n) is 14.4. The van der Waals surface area contributed by atoms with Crippen LogP contribution in [0, 0.1) is 0 Å². The predicted molar refractivity (Wildman–Crippen MR) is 91.1 cm³/mol. The number of benzene rings is 1. The average Bonchev–Trinajstić information content (AvgIpc) is 2.97. The Balaban J connectivity index is 0.00000208. The van der Waals surface area contributed by atoms with Crippen molar-refractivity contribution in [1.82, 2.24) is 9.97 Å². The van der Waals surface area contributed by atoms with Crippen molar-refractivity contribution in [3.8, 4) is 5.88 Å². The topological polar surface area (TPSA) is 52.6 Å². The summed E-state index contributed by atoms with van der Waals surface area (Å²) in [6.07, 6.45) is 0.771. The van der Waals surface area contributed by atoms with Gasteiger partial charge in [-0.15, -0.1) is 0 Å². The minimum absolute atomic E-state index is 0. The fourth-order valence-electron chi connectivity index (χ4n) is 2.76. The van der Waals surface area contributed by atoms with Gasteiger partial charge in [0.15, 0.2) is 0 Å². The molecule has 0 aliphatic rings. The van der Waals surface area contributed by atoms with Crippen molar-refractivity contribution >= 4 is 22.1 Å². The van der Waals surface area contributed by atoms with E-state index in [0.29, 0.717) is 18.1 Å². The number of aromatic nitrogens is 2. The first-order valence-corrected chi connectivity index (χ1v) is 8.41. The SMILES string of the molecule is CCc1nc(OCC[NH+](CC)CC)c2oc3ccccc3c2n1.[Cl-]. The van der Waals surface area contributed by atoms with E-state index in [1.54, 1.807) is 0 Å². The molecule has 3 rings (SSSR count). The van der Waals surface area contributed by atoms with E-state index in [2.05, 4.69) is 23.8 Å². The molecule has 0 atom stereocenters. The van der Waals surface area contributed by atoms with Crippen LogP contribution in [0.4, 0.5) is 0 Å². The van der Waals surface area contributed by atoms with Gasteiger partial charge in [0, 0.05) is 11.8 Å². The maximum absolute atomic E-state index is 5.96. The lowest BCUT2D eigenvalue weighted by atomic mass is 10.2. The Bertz CT molecular complexity index is 799. The van der Waals surface area contributed by atoms with Gasteiger partial charge in [0.05, 0.1) is 13.1 Å². The van der Waals surface area contributed by atoms with Crippen LogP contribution in [0.3, 0.4) is 0 Å². The zero-order chi connectivity index (χ0) is 16.2. The number of halogens is 1. The van der Waals surface area contributed by atoms with Crippen LogP contribution in [0.15, 0.2) is 28.7 Å². The van der Waals surface area contributed by atoms with Crippen molar-refractivity contribution in [2.75, 3.05) is 26.2 Å². The fourth-order valence-corrected chi connectivity index (χ4v) is 2.76. The van der Waals surface area contributed by atoms with Crippen LogP contribution in [-0.2, 0) is 6.42 Å². The molecule has 0 bridgehead atoms. The van der Waals surface area contributed by atoms with E-state index in [-0.39, 0.29) is 12.4 Å². The number of nitrogens with zero attached hydrogens (tertiary/aromatic N) is 2. The summed E-state index contributed by atoms with van der Waals surface area (Å²) < 4.78 is 11.9. The highest BCUT2D eigenvalue weighted by Gasteiger charge is 2.16. The first-order valence-electron chi connectivity index (χ1n) is 8.41. The summed E-state index contributed by atoms with van der Waals surface area (Å²) >= 11 is 0. The Hall–Kier alpha value is -1.85.